The average Bonchev–Trinajstić information content (AvgIpc) is 2.84. The van der Waals surface area contributed by atoms with Crippen LogP contribution in [0.5, 0.6) is 0 Å². The Morgan fingerprint density at radius 3 is 2.75 bits per heavy atom. The summed E-state index contributed by atoms with van der Waals surface area (Å²) in [6.07, 6.45) is 12.8. The molecule has 0 amide bonds. The van der Waals surface area contributed by atoms with Gasteiger partial charge in [-0.05, 0) is 44.7 Å². The molecule has 1 unspecified atom stereocenters. The Kier molecular flexibility index (Phi) is 6.05. The summed E-state index contributed by atoms with van der Waals surface area (Å²) < 4.78 is 1.87. The van der Waals surface area contributed by atoms with Crippen molar-refractivity contribution < 1.29 is 5.11 Å². The highest BCUT2D eigenvalue weighted by atomic mass is 16.3. The molecule has 1 fully saturated rings. The van der Waals surface area contributed by atoms with Crippen molar-refractivity contribution in [3.8, 4) is 0 Å². The van der Waals surface area contributed by atoms with Crippen LogP contribution in [0.25, 0.3) is 0 Å². The number of nitrogens with zero attached hydrogens (tertiary/aromatic N) is 3. The van der Waals surface area contributed by atoms with Gasteiger partial charge in [-0.25, -0.2) is 0 Å². The monoisotopic (exact) mass is 279 g/mol. The molecule has 1 atom stereocenters. The number of aliphatic hydroxyl groups excluding tert-OH is 1. The maximum Gasteiger partial charge on any atom is 0.0639 e. The van der Waals surface area contributed by atoms with Crippen LogP contribution in [0.2, 0.25) is 0 Å². The highest BCUT2D eigenvalue weighted by Gasteiger charge is 2.21. The lowest BCUT2D eigenvalue weighted by atomic mass is 9.93. The van der Waals surface area contributed by atoms with Crippen LogP contribution in [-0.2, 0) is 13.5 Å². The summed E-state index contributed by atoms with van der Waals surface area (Å²) in [4.78, 5) is 2.51. The van der Waals surface area contributed by atoms with Crippen LogP contribution in [-0.4, -0.2) is 45.0 Å². The van der Waals surface area contributed by atoms with E-state index in [4.69, 9.17) is 0 Å². The first-order valence-electron chi connectivity index (χ1n) is 8.05. The number of hydrogen-bond donors (Lipinski definition) is 1. The van der Waals surface area contributed by atoms with E-state index in [1.807, 2.05) is 24.9 Å². The molecular formula is C16H29N3O. The molecule has 0 aliphatic heterocycles. The summed E-state index contributed by atoms with van der Waals surface area (Å²) in [7, 11) is 1.96. The van der Waals surface area contributed by atoms with Crippen LogP contribution in [0.3, 0.4) is 0 Å². The van der Waals surface area contributed by atoms with E-state index in [-0.39, 0.29) is 6.10 Å². The van der Waals surface area contributed by atoms with Gasteiger partial charge in [-0.3, -0.25) is 9.58 Å². The van der Waals surface area contributed by atoms with Crippen molar-refractivity contribution in [2.45, 2.75) is 64.0 Å². The van der Waals surface area contributed by atoms with E-state index in [1.54, 1.807) is 0 Å². The lowest BCUT2D eigenvalue weighted by Gasteiger charge is -2.35. The van der Waals surface area contributed by atoms with Gasteiger partial charge in [0.1, 0.15) is 0 Å². The third-order valence-corrected chi connectivity index (χ3v) is 4.26. The molecule has 0 bridgehead atoms. The summed E-state index contributed by atoms with van der Waals surface area (Å²) in [5.74, 6) is 0. The van der Waals surface area contributed by atoms with Gasteiger partial charge in [0.2, 0.25) is 0 Å². The van der Waals surface area contributed by atoms with Gasteiger partial charge in [-0.2, -0.15) is 5.10 Å². The number of aromatic nitrogens is 2. The zero-order valence-corrected chi connectivity index (χ0v) is 13.0. The van der Waals surface area contributed by atoms with E-state index in [1.165, 1.54) is 37.7 Å². The molecule has 1 saturated carbocycles. The van der Waals surface area contributed by atoms with Gasteiger partial charge in [-0.1, -0.05) is 19.3 Å². The van der Waals surface area contributed by atoms with Crippen LogP contribution >= 0.6 is 0 Å². The highest BCUT2D eigenvalue weighted by Crippen LogP contribution is 2.23. The Labute approximate surface area is 122 Å². The number of aryl methyl sites for hydroxylation is 2. The largest absolute Gasteiger partial charge is 0.392 e. The molecule has 0 saturated heterocycles. The molecule has 0 radical (unpaired) electrons. The first-order valence-corrected chi connectivity index (χ1v) is 8.05. The molecule has 1 aromatic rings. The van der Waals surface area contributed by atoms with Crippen LogP contribution in [0.4, 0.5) is 0 Å². The Balaban J connectivity index is 1.80. The number of hydrogen-bond acceptors (Lipinski definition) is 3. The first-order chi connectivity index (χ1) is 9.65. The van der Waals surface area contributed by atoms with Crippen molar-refractivity contribution in [1.29, 1.82) is 0 Å². The summed E-state index contributed by atoms with van der Waals surface area (Å²) in [6.45, 7) is 3.80. The molecule has 1 aliphatic carbocycles. The van der Waals surface area contributed by atoms with Crippen molar-refractivity contribution in [3.05, 3.63) is 18.0 Å². The molecule has 1 aromatic heterocycles. The Morgan fingerprint density at radius 1 is 1.40 bits per heavy atom. The maximum absolute atomic E-state index is 9.72. The highest BCUT2D eigenvalue weighted by molar-refractivity contribution is 5.03. The molecule has 0 aromatic carbocycles. The lowest BCUT2D eigenvalue weighted by Crippen LogP contribution is -2.41. The van der Waals surface area contributed by atoms with Gasteiger partial charge < -0.3 is 5.11 Å². The SMILES string of the molecule is CC(O)CN(CCCc1cnn(C)c1)C1CCCCC1. The van der Waals surface area contributed by atoms with Gasteiger partial charge >= 0.3 is 0 Å². The van der Waals surface area contributed by atoms with E-state index >= 15 is 0 Å². The average molecular weight is 279 g/mol. The molecule has 1 N–H and O–H groups in total. The Morgan fingerprint density at radius 2 is 2.15 bits per heavy atom. The van der Waals surface area contributed by atoms with Gasteiger partial charge in [0, 0.05) is 25.8 Å². The molecule has 4 heteroatoms. The van der Waals surface area contributed by atoms with E-state index in [2.05, 4.69) is 16.2 Å². The van der Waals surface area contributed by atoms with Crippen molar-refractivity contribution in [1.82, 2.24) is 14.7 Å². The van der Waals surface area contributed by atoms with Crippen LogP contribution in [0.1, 0.15) is 51.0 Å². The van der Waals surface area contributed by atoms with Crippen molar-refractivity contribution in [2.24, 2.45) is 7.05 Å². The summed E-state index contributed by atoms with van der Waals surface area (Å²) >= 11 is 0. The van der Waals surface area contributed by atoms with Crippen LogP contribution < -0.4 is 0 Å². The van der Waals surface area contributed by atoms with Gasteiger partial charge in [0.25, 0.3) is 0 Å². The standard InChI is InChI=1S/C16H29N3O/c1-14(20)12-19(16-8-4-3-5-9-16)10-6-7-15-11-17-18(2)13-15/h11,13-14,16,20H,3-10,12H2,1-2H3. The number of aliphatic hydroxyl groups is 1. The quantitative estimate of drug-likeness (QED) is 0.833. The second-order valence-electron chi connectivity index (χ2n) is 6.26. The minimum Gasteiger partial charge on any atom is -0.392 e. The van der Waals surface area contributed by atoms with E-state index < -0.39 is 0 Å². The maximum atomic E-state index is 9.72. The van der Waals surface area contributed by atoms with Gasteiger partial charge in [0.05, 0.1) is 12.3 Å². The molecule has 20 heavy (non-hydrogen) atoms. The molecule has 114 valence electrons. The normalized spacial score (nSPS) is 18.6. The zero-order chi connectivity index (χ0) is 14.4. The predicted molar refractivity (Wildman–Crippen MR) is 81.7 cm³/mol. The third kappa shape index (κ3) is 4.91. The van der Waals surface area contributed by atoms with Crippen molar-refractivity contribution >= 4 is 0 Å². The first kappa shape index (κ1) is 15.5. The third-order valence-electron chi connectivity index (χ3n) is 4.26. The number of rotatable bonds is 7. The second kappa shape index (κ2) is 7.79. The van der Waals surface area contributed by atoms with Gasteiger partial charge in [-0.15, -0.1) is 0 Å². The fourth-order valence-electron chi connectivity index (χ4n) is 3.30. The Bertz CT molecular complexity index is 383. The second-order valence-corrected chi connectivity index (χ2v) is 6.26. The fraction of sp³-hybridized carbons (Fsp3) is 0.812. The van der Waals surface area contributed by atoms with Crippen LogP contribution in [0.15, 0.2) is 12.4 Å². The Hall–Kier alpha value is -0.870. The fourth-order valence-corrected chi connectivity index (χ4v) is 3.30. The summed E-state index contributed by atoms with van der Waals surface area (Å²) in [6, 6.07) is 0.687. The van der Waals surface area contributed by atoms with E-state index in [0.717, 1.165) is 25.9 Å². The summed E-state index contributed by atoms with van der Waals surface area (Å²) in [5, 5.41) is 13.9. The molecule has 2 rings (SSSR count). The van der Waals surface area contributed by atoms with E-state index in [0.29, 0.717) is 6.04 Å². The molecule has 0 spiro atoms. The topological polar surface area (TPSA) is 41.3 Å². The van der Waals surface area contributed by atoms with Crippen molar-refractivity contribution in [3.63, 3.8) is 0 Å². The molecule has 1 heterocycles. The lowest BCUT2D eigenvalue weighted by molar-refractivity contribution is 0.0816. The molecule has 1 aliphatic rings. The smallest absolute Gasteiger partial charge is 0.0639 e. The zero-order valence-electron chi connectivity index (χ0n) is 13.0. The minimum atomic E-state index is -0.227. The van der Waals surface area contributed by atoms with Crippen LogP contribution in [0, 0.1) is 0 Å². The molecular weight excluding hydrogens is 250 g/mol. The minimum absolute atomic E-state index is 0.227. The summed E-state index contributed by atoms with van der Waals surface area (Å²) in [5.41, 5.74) is 1.31. The predicted octanol–water partition coefficient (Wildman–Crippen LogP) is 2.37. The molecule has 4 nitrogen and oxygen atoms in total. The van der Waals surface area contributed by atoms with Gasteiger partial charge in [0.15, 0.2) is 0 Å². The van der Waals surface area contributed by atoms with E-state index in [9.17, 15) is 5.11 Å². The van der Waals surface area contributed by atoms with Crippen molar-refractivity contribution in [2.75, 3.05) is 13.1 Å².